The SMILES string of the molecule is C[NH+]1[C@@H]2C=C3C(C#N)C(=N)C(C#N)(C#N)[C@@H](c4ccsc4)[C@H]3[C@H]1CC2. The van der Waals surface area contributed by atoms with E-state index in [1.54, 1.807) is 11.3 Å². The van der Waals surface area contributed by atoms with E-state index in [2.05, 4.69) is 31.3 Å². The van der Waals surface area contributed by atoms with Crippen molar-refractivity contribution in [1.29, 1.82) is 21.2 Å². The zero-order valence-corrected chi connectivity index (χ0v) is 14.7. The molecule has 0 amide bonds. The van der Waals surface area contributed by atoms with Gasteiger partial charge in [-0.15, -0.1) is 0 Å². The van der Waals surface area contributed by atoms with Gasteiger partial charge in [-0.05, 0) is 34.0 Å². The van der Waals surface area contributed by atoms with Gasteiger partial charge >= 0.3 is 0 Å². The van der Waals surface area contributed by atoms with E-state index in [9.17, 15) is 15.8 Å². The van der Waals surface area contributed by atoms with Crippen LogP contribution in [0.3, 0.4) is 0 Å². The van der Waals surface area contributed by atoms with Crippen LogP contribution in [0.2, 0.25) is 0 Å². The first-order valence-electron chi connectivity index (χ1n) is 8.47. The Bertz CT molecular complexity index is 864. The molecule has 4 rings (SSSR count). The second-order valence-corrected chi connectivity index (χ2v) is 8.05. The third kappa shape index (κ3) is 1.91. The van der Waals surface area contributed by atoms with Crippen LogP contribution < -0.4 is 4.90 Å². The first kappa shape index (κ1) is 16.0. The number of nitrogens with one attached hydrogen (secondary N) is 2. The molecule has 3 heterocycles. The lowest BCUT2D eigenvalue weighted by Gasteiger charge is -2.48. The lowest BCUT2D eigenvalue weighted by molar-refractivity contribution is -0.916. The van der Waals surface area contributed by atoms with E-state index in [4.69, 9.17) is 5.41 Å². The fraction of sp³-hybridized carbons (Fsp3) is 0.474. The number of nitrogens with zero attached hydrogens (tertiary/aromatic N) is 3. The maximum absolute atomic E-state index is 9.97. The molecule has 2 fully saturated rings. The topological polar surface area (TPSA) is 99.7 Å². The van der Waals surface area contributed by atoms with Crippen molar-refractivity contribution in [2.75, 3.05) is 7.05 Å². The van der Waals surface area contributed by atoms with Crippen molar-refractivity contribution in [3.63, 3.8) is 0 Å². The minimum absolute atomic E-state index is 0.0357. The molecule has 25 heavy (non-hydrogen) atoms. The molecule has 1 saturated heterocycles. The van der Waals surface area contributed by atoms with Crippen LogP contribution in [0.25, 0.3) is 0 Å². The van der Waals surface area contributed by atoms with Crippen molar-refractivity contribution in [3.05, 3.63) is 34.0 Å². The number of thiophene rings is 1. The summed E-state index contributed by atoms with van der Waals surface area (Å²) < 4.78 is 0. The number of hydrogen-bond donors (Lipinski definition) is 2. The average molecular weight is 348 g/mol. The third-order valence-electron chi connectivity index (χ3n) is 6.43. The summed E-state index contributed by atoms with van der Waals surface area (Å²) in [5.74, 6) is -1.17. The monoisotopic (exact) mass is 348 g/mol. The summed E-state index contributed by atoms with van der Waals surface area (Å²) in [6, 6.07) is 9.17. The molecule has 2 aliphatic heterocycles. The normalized spacial score (nSPS) is 38.0. The van der Waals surface area contributed by atoms with E-state index in [-0.39, 0.29) is 17.5 Å². The van der Waals surface area contributed by atoms with E-state index in [1.165, 1.54) is 4.90 Å². The fourth-order valence-corrected chi connectivity index (χ4v) is 5.92. The Morgan fingerprint density at radius 3 is 2.64 bits per heavy atom. The van der Waals surface area contributed by atoms with Gasteiger partial charge in [0.2, 0.25) is 0 Å². The van der Waals surface area contributed by atoms with Crippen LogP contribution >= 0.6 is 11.3 Å². The van der Waals surface area contributed by atoms with Crippen LogP contribution in [0, 0.1) is 56.7 Å². The molecule has 0 radical (unpaired) electrons. The van der Waals surface area contributed by atoms with Crippen molar-refractivity contribution < 1.29 is 4.90 Å². The smallest absolute Gasteiger partial charge is 0.190 e. The maximum atomic E-state index is 9.97. The van der Waals surface area contributed by atoms with Gasteiger partial charge in [-0.25, -0.2) is 0 Å². The molecule has 1 aromatic heterocycles. The second kappa shape index (κ2) is 5.53. The van der Waals surface area contributed by atoms with Gasteiger partial charge in [-0.3, -0.25) is 0 Å². The zero-order chi connectivity index (χ0) is 17.8. The molecular weight excluding hydrogens is 330 g/mol. The molecule has 2 N–H and O–H groups in total. The number of nitriles is 3. The van der Waals surface area contributed by atoms with Crippen LogP contribution in [-0.2, 0) is 0 Å². The van der Waals surface area contributed by atoms with Crippen LogP contribution in [0.1, 0.15) is 24.3 Å². The van der Waals surface area contributed by atoms with E-state index in [0.717, 1.165) is 24.0 Å². The molecule has 124 valence electrons. The first-order chi connectivity index (χ1) is 12.1. The average Bonchev–Trinajstić information content (AvgIpc) is 3.21. The van der Waals surface area contributed by atoms with Crippen LogP contribution in [0.15, 0.2) is 28.5 Å². The highest BCUT2D eigenvalue weighted by atomic mass is 32.1. The van der Waals surface area contributed by atoms with Crippen molar-refractivity contribution in [2.24, 2.45) is 17.3 Å². The summed E-state index contributed by atoms with van der Waals surface area (Å²) in [5, 5.41) is 42.2. The molecule has 1 aromatic rings. The van der Waals surface area contributed by atoms with Crippen molar-refractivity contribution in [3.8, 4) is 18.2 Å². The highest BCUT2D eigenvalue weighted by Crippen LogP contribution is 2.55. The number of fused-ring (bicyclic) bond motifs is 4. The molecule has 1 saturated carbocycles. The molecule has 6 atom stereocenters. The van der Waals surface area contributed by atoms with E-state index >= 15 is 0 Å². The summed E-state index contributed by atoms with van der Waals surface area (Å²) in [6.07, 6.45) is 4.26. The Morgan fingerprint density at radius 1 is 1.28 bits per heavy atom. The molecule has 5 nitrogen and oxygen atoms in total. The van der Waals surface area contributed by atoms with Crippen LogP contribution in [0.4, 0.5) is 0 Å². The Hall–Kier alpha value is -2.46. The van der Waals surface area contributed by atoms with Gasteiger partial charge in [0.1, 0.15) is 12.0 Å². The van der Waals surface area contributed by atoms with Crippen molar-refractivity contribution in [1.82, 2.24) is 0 Å². The molecule has 6 heteroatoms. The third-order valence-corrected chi connectivity index (χ3v) is 7.13. The minimum atomic E-state index is -1.57. The van der Waals surface area contributed by atoms with Crippen molar-refractivity contribution >= 4 is 17.0 Å². The Kier molecular flexibility index (Phi) is 3.55. The molecule has 2 bridgehead atoms. The fourth-order valence-electron chi connectivity index (χ4n) is 5.22. The molecule has 0 spiro atoms. The number of hydrogen-bond acceptors (Lipinski definition) is 5. The van der Waals surface area contributed by atoms with Gasteiger partial charge < -0.3 is 10.3 Å². The standard InChI is InChI=1S/C19H17N5S/c1-24-12-2-3-15(24)16-13(6-12)14(7-20)18(23)19(9-21,10-22)17(16)11-4-5-25-8-11/h4-6,8,12,14-17,23H,2-3H2,1H3/p+1/t12-,14?,15+,16+,17-/m0/s1. The van der Waals surface area contributed by atoms with E-state index in [1.807, 2.05) is 16.8 Å². The summed E-state index contributed by atoms with van der Waals surface area (Å²) in [7, 11) is 2.17. The van der Waals surface area contributed by atoms with Gasteiger partial charge in [0.05, 0.1) is 37.0 Å². The van der Waals surface area contributed by atoms with E-state index in [0.29, 0.717) is 12.1 Å². The first-order valence-corrected chi connectivity index (χ1v) is 9.41. The summed E-state index contributed by atoms with van der Waals surface area (Å²) >= 11 is 1.54. The molecular formula is C19H18N5S+. The predicted molar refractivity (Wildman–Crippen MR) is 92.8 cm³/mol. The largest absolute Gasteiger partial charge is 0.329 e. The summed E-state index contributed by atoms with van der Waals surface area (Å²) in [4.78, 5) is 1.41. The number of likely N-dealkylation sites (N-methyl/N-ethyl adjacent to an activating group) is 1. The highest BCUT2D eigenvalue weighted by molar-refractivity contribution is 7.08. The van der Waals surface area contributed by atoms with Crippen LogP contribution in [0.5, 0.6) is 0 Å². The Morgan fingerprint density at radius 2 is 2.04 bits per heavy atom. The van der Waals surface area contributed by atoms with Gasteiger partial charge in [0, 0.05) is 24.7 Å². The highest BCUT2D eigenvalue weighted by Gasteiger charge is 2.62. The minimum Gasteiger partial charge on any atom is -0.329 e. The van der Waals surface area contributed by atoms with E-state index < -0.39 is 11.3 Å². The summed E-state index contributed by atoms with van der Waals surface area (Å²) in [5.41, 5.74) is 0.308. The van der Waals surface area contributed by atoms with Gasteiger partial charge in [-0.1, -0.05) is 0 Å². The van der Waals surface area contributed by atoms with Crippen LogP contribution in [-0.4, -0.2) is 24.8 Å². The maximum Gasteiger partial charge on any atom is 0.190 e. The lowest BCUT2D eigenvalue weighted by atomic mass is 9.53. The zero-order valence-electron chi connectivity index (χ0n) is 13.9. The number of quaternary nitrogens is 1. The molecule has 3 aliphatic rings. The number of rotatable bonds is 1. The van der Waals surface area contributed by atoms with Gasteiger partial charge in [-0.2, -0.15) is 27.1 Å². The van der Waals surface area contributed by atoms with Gasteiger partial charge in [0.25, 0.3) is 0 Å². The van der Waals surface area contributed by atoms with Gasteiger partial charge in [0.15, 0.2) is 5.41 Å². The Labute approximate surface area is 150 Å². The summed E-state index contributed by atoms with van der Waals surface area (Å²) in [6.45, 7) is 0. The molecule has 1 aliphatic carbocycles. The lowest BCUT2D eigenvalue weighted by Crippen LogP contribution is -3.15. The van der Waals surface area contributed by atoms with Crippen molar-refractivity contribution in [2.45, 2.75) is 30.8 Å². The quantitative estimate of drug-likeness (QED) is 0.755. The molecule has 0 aromatic carbocycles. The Balaban J connectivity index is 1.99. The molecule has 2 unspecified atom stereocenters. The second-order valence-electron chi connectivity index (χ2n) is 7.27. The predicted octanol–water partition coefficient (Wildman–Crippen LogP) is 1.64.